The van der Waals surface area contributed by atoms with Gasteiger partial charge in [-0.05, 0) is 139 Å². The summed E-state index contributed by atoms with van der Waals surface area (Å²) in [6, 6.07) is 31.2. The largest absolute Gasteiger partial charge is 0.493 e. The summed E-state index contributed by atoms with van der Waals surface area (Å²) < 4.78 is 18.9. The topological polar surface area (TPSA) is 126 Å². The van der Waals surface area contributed by atoms with Crippen molar-refractivity contribution in [2.45, 2.75) is 132 Å². The van der Waals surface area contributed by atoms with Crippen LogP contribution in [-0.4, -0.2) is 62.1 Å². The predicted octanol–water partition coefficient (Wildman–Crippen LogP) is 13.3. The summed E-state index contributed by atoms with van der Waals surface area (Å²) in [7, 11) is 1.73. The number of nitrogens with zero attached hydrogens (tertiary/aromatic N) is 6. The third-order valence-electron chi connectivity index (χ3n) is 12.4. The molecule has 0 aliphatic heterocycles. The Morgan fingerprint density at radius 1 is 0.694 bits per heavy atom. The third-order valence-corrected chi connectivity index (χ3v) is 13.0. The van der Waals surface area contributed by atoms with E-state index in [-0.39, 0.29) is 16.7 Å². The number of para-hydroxylation sites is 1. The number of hydrogen-bond acceptors (Lipinski definition) is 9. The van der Waals surface area contributed by atoms with Crippen molar-refractivity contribution >= 4 is 40.0 Å². The second-order valence-electron chi connectivity index (χ2n) is 19.8. The minimum absolute atomic E-state index is 0.126. The zero-order valence-corrected chi connectivity index (χ0v) is 46.1. The van der Waals surface area contributed by atoms with Gasteiger partial charge in [-0.15, -0.1) is 0 Å². The number of rotatable bonds is 18. The lowest BCUT2D eigenvalue weighted by Gasteiger charge is -2.19. The number of aryl methyl sites for hydroxylation is 4. The van der Waals surface area contributed by atoms with Crippen molar-refractivity contribution in [3.63, 3.8) is 0 Å². The lowest BCUT2D eigenvalue weighted by atomic mass is 9.86. The van der Waals surface area contributed by atoms with Crippen LogP contribution in [0.3, 0.4) is 0 Å². The molecule has 3 heterocycles. The molecule has 7 rings (SSSR count). The first-order valence-corrected chi connectivity index (χ1v) is 25.9. The smallest absolute Gasteiger partial charge is 0.271 e. The fourth-order valence-electron chi connectivity index (χ4n) is 7.82. The highest BCUT2D eigenvalue weighted by atomic mass is 35.5. The van der Waals surface area contributed by atoms with Gasteiger partial charge in [0.15, 0.2) is 0 Å². The van der Waals surface area contributed by atoms with Gasteiger partial charge in [0.1, 0.15) is 17.8 Å². The Balaban J connectivity index is 0.000000201. The van der Waals surface area contributed by atoms with Crippen LogP contribution in [0.2, 0.25) is 10.3 Å². The normalized spacial score (nSPS) is 11.4. The van der Waals surface area contributed by atoms with Crippen LogP contribution < -0.4 is 14.8 Å². The minimum atomic E-state index is -0.204. The first-order valence-electron chi connectivity index (χ1n) is 25.2. The van der Waals surface area contributed by atoms with Crippen molar-refractivity contribution in [2.24, 2.45) is 7.05 Å². The molecule has 0 unspecified atom stereocenters. The van der Waals surface area contributed by atoms with E-state index < -0.39 is 0 Å². The van der Waals surface area contributed by atoms with Gasteiger partial charge in [0.2, 0.25) is 11.2 Å². The third kappa shape index (κ3) is 16.9. The maximum atomic E-state index is 12.4. The molecule has 0 bridgehead atoms. The van der Waals surface area contributed by atoms with Crippen molar-refractivity contribution < 1.29 is 19.0 Å². The summed E-state index contributed by atoms with van der Waals surface area (Å²) in [5, 5.41) is 8.90. The summed E-state index contributed by atoms with van der Waals surface area (Å²) in [6.45, 7) is 26.8. The highest BCUT2D eigenvalue weighted by molar-refractivity contribution is 6.34. The van der Waals surface area contributed by atoms with E-state index in [4.69, 9.17) is 37.4 Å². The molecule has 3 aromatic heterocycles. The maximum absolute atomic E-state index is 12.4. The van der Waals surface area contributed by atoms with Crippen LogP contribution in [0.15, 0.2) is 97.3 Å². The molecule has 384 valence electrons. The number of carbonyl (C=O) groups is 1. The van der Waals surface area contributed by atoms with Gasteiger partial charge in [0.25, 0.3) is 5.91 Å². The molecule has 1 amide bonds. The number of nitrogens with one attached hydrogen (secondary N) is 1. The number of amides is 1. The van der Waals surface area contributed by atoms with Gasteiger partial charge in [-0.25, -0.2) is 19.9 Å². The van der Waals surface area contributed by atoms with E-state index in [9.17, 15) is 4.79 Å². The van der Waals surface area contributed by atoms with E-state index in [2.05, 4.69) is 141 Å². The van der Waals surface area contributed by atoms with Gasteiger partial charge in [0.05, 0.1) is 41.4 Å². The van der Waals surface area contributed by atoms with Crippen LogP contribution in [0.4, 0.5) is 0 Å². The van der Waals surface area contributed by atoms with Gasteiger partial charge in [0, 0.05) is 38.0 Å². The first-order chi connectivity index (χ1) is 34.3. The number of hydrogen-bond donors (Lipinski definition) is 1. The lowest BCUT2D eigenvalue weighted by molar-refractivity contribution is 0.0941. The van der Waals surface area contributed by atoms with Crippen LogP contribution >= 0.6 is 23.2 Å². The summed E-state index contributed by atoms with van der Waals surface area (Å²) in [5.74, 6) is 1.41. The Bertz CT molecular complexity index is 2810. The van der Waals surface area contributed by atoms with Gasteiger partial charge in [-0.1, -0.05) is 134 Å². The molecule has 0 saturated carbocycles. The standard InChI is InChI=1S/C21H29ClN2O2.C20H22N2O.C18H24ClN3O/c1-5-18-14-19(24-21(22)23-18)8-7-12-26-20-10-9-17(11-13-25-6-2)15(3)16(20)4;1-20(2,3)16-10-8-15(9-11-16)12-13-23-19-17-6-4-5-7-18(17)21-14-22-19;1-6-14-15(19)16(22(5)21-14)17(23)20-11-12-7-9-13(10-8-12)18(2,3)4/h9-10,14H,5-8,11-13H2,1-4H3;4-11,14H,12-13H2,1-3H3;7-10H,6,11H2,1-5H3,(H,20,23). The van der Waals surface area contributed by atoms with Crippen molar-refractivity contribution in [3.05, 3.63) is 169 Å². The molecule has 13 heteroatoms. The van der Waals surface area contributed by atoms with Gasteiger partial charge < -0.3 is 19.5 Å². The fraction of sp³-hybridized carbons (Fsp3) is 0.424. The zero-order chi connectivity index (χ0) is 52.4. The molecular weight excluding hydrogens is 942 g/mol. The molecule has 1 N–H and O–H groups in total. The van der Waals surface area contributed by atoms with E-state index in [0.29, 0.717) is 48.1 Å². The number of fused-ring (bicyclic) bond motifs is 1. The average Bonchev–Trinajstić information content (AvgIpc) is 3.65. The molecule has 4 aromatic carbocycles. The highest BCUT2D eigenvalue weighted by Crippen LogP contribution is 2.27. The second-order valence-corrected chi connectivity index (χ2v) is 20.5. The van der Waals surface area contributed by atoms with Crippen molar-refractivity contribution in [1.29, 1.82) is 0 Å². The molecule has 72 heavy (non-hydrogen) atoms. The molecule has 0 aliphatic rings. The molecule has 0 spiro atoms. The minimum Gasteiger partial charge on any atom is -0.493 e. The molecule has 0 radical (unpaired) electrons. The number of ether oxygens (including phenoxy) is 3. The molecule has 0 fully saturated rings. The molecule has 11 nitrogen and oxygen atoms in total. The number of halogens is 2. The van der Waals surface area contributed by atoms with E-state index in [1.807, 2.05) is 56.3 Å². The van der Waals surface area contributed by atoms with Crippen LogP contribution in [0.1, 0.15) is 135 Å². The second kappa shape index (κ2) is 27.3. The summed E-state index contributed by atoms with van der Waals surface area (Å²) in [6.07, 6.45) is 6.64. The summed E-state index contributed by atoms with van der Waals surface area (Å²) in [5.41, 5.74) is 13.1. The van der Waals surface area contributed by atoms with E-state index in [0.717, 1.165) is 84.6 Å². The molecule has 0 aliphatic carbocycles. The highest BCUT2D eigenvalue weighted by Gasteiger charge is 2.20. The Labute approximate surface area is 438 Å². The summed E-state index contributed by atoms with van der Waals surface area (Å²) in [4.78, 5) is 29.4. The van der Waals surface area contributed by atoms with Crippen LogP contribution in [0, 0.1) is 13.8 Å². The number of benzene rings is 4. The fourth-order valence-corrected chi connectivity index (χ4v) is 8.41. The Morgan fingerprint density at radius 2 is 1.35 bits per heavy atom. The number of aromatic nitrogens is 6. The van der Waals surface area contributed by atoms with E-state index >= 15 is 0 Å². The molecular formula is C59H75Cl2N7O4. The maximum Gasteiger partial charge on any atom is 0.271 e. The van der Waals surface area contributed by atoms with Crippen LogP contribution in [0.5, 0.6) is 11.6 Å². The Morgan fingerprint density at radius 3 is 1.97 bits per heavy atom. The zero-order valence-electron chi connectivity index (χ0n) is 44.6. The average molecular weight is 1020 g/mol. The predicted molar refractivity (Wildman–Crippen MR) is 294 cm³/mol. The summed E-state index contributed by atoms with van der Waals surface area (Å²) >= 11 is 12.2. The van der Waals surface area contributed by atoms with Crippen molar-refractivity contribution in [3.8, 4) is 11.6 Å². The van der Waals surface area contributed by atoms with Gasteiger partial charge in [-0.3, -0.25) is 9.48 Å². The molecule has 0 saturated heterocycles. The lowest BCUT2D eigenvalue weighted by Crippen LogP contribution is -2.25. The Hall–Kier alpha value is -5.88. The first kappa shape index (κ1) is 57.0. The molecule has 7 aromatic rings. The van der Waals surface area contributed by atoms with Crippen molar-refractivity contribution in [2.75, 3.05) is 26.4 Å². The number of carbonyl (C=O) groups excluding carboxylic acids is 1. The van der Waals surface area contributed by atoms with Gasteiger partial charge in [-0.2, -0.15) is 5.10 Å². The van der Waals surface area contributed by atoms with E-state index in [1.165, 1.54) is 33.4 Å². The quantitative estimate of drug-likeness (QED) is 0.0660. The van der Waals surface area contributed by atoms with Crippen LogP contribution in [0.25, 0.3) is 10.9 Å². The van der Waals surface area contributed by atoms with E-state index in [1.54, 1.807) is 18.1 Å². The molecule has 0 atom stereocenters. The van der Waals surface area contributed by atoms with Crippen LogP contribution in [-0.2, 0) is 61.3 Å². The monoisotopic (exact) mass is 1020 g/mol. The van der Waals surface area contributed by atoms with Gasteiger partial charge >= 0.3 is 0 Å². The Kier molecular flexibility index (Phi) is 21.6. The SMILES string of the molecule is CC(C)(C)c1ccc(CCOc2ncnc3ccccc23)cc1.CCOCCc1ccc(OCCCc2cc(CC)nc(Cl)n2)c(C)c1C.CCc1nn(C)c(C(=O)NCc2ccc(C(C)(C)C)cc2)c1Cl. The van der Waals surface area contributed by atoms with Crippen molar-refractivity contribution in [1.82, 2.24) is 35.0 Å².